The number of aliphatic hydroxyl groups excluding tert-OH is 4. The van der Waals surface area contributed by atoms with Crippen LogP contribution in [0.5, 0.6) is 0 Å². The first-order chi connectivity index (χ1) is 7.87. The van der Waals surface area contributed by atoms with Crippen LogP contribution in [0.15, 0.2) is 0 Å². The molecule has 0 aromatic rings. The lowest BCUT2D eigenvalue weighted by Gasteiger charge is -2.25. The second kappa shape index (κ2) is 11.0. The Kier molecular flexibility index (Phi) is 12.4. The molecule has 0 aliphatic carbocycles. The first-order valence-corrected chi connectivity index (χ1v) is 6.45. The van der Waals surface area contributed by atoms with E-state index in [-0.39, 0.29) is 30.8 Å². The molecular weight excluding hydrogens is 220 g/mol. The second-order valence-electron chi connectivity index (χ2n) is 4.80. The van der Waals surface area contributed by atoms with E-state index in [0.29, 0.717) is 12.8 Å². The predicted octanol–water partition coefficient (Wildman–Crippen LogP) is 1.31. The van der Waals surface area contributed by atoms with Crippen molar-refractivity contribution in [2.24, 2.45) is 5.41 Å². The third-order valence-electron chi connectivity index (χ3n) is 3.17. The van der Waals surface area contributed by atoms with Crippen molar-refractivity contribution in [3.63, 3.8) is 0 Å². The summed E-state index contributed by atoms with van der Waals surface area (Å²) in [6, 6.07) is 0. The lowest BCUT2D eigenvalue weighted by Crippen LogP contribution is -2.27. The fourth-order valence-corrected chi connectivity index (χ4v) is 1.23. The molecule has 4 heteroatoms. The fourth-order valence-electron chi connectivity index (χ4n) is 1.23. The molecule has 4 nitrogen and oxygen atoms in total. The Morgan fingerprint density at radius 1 is 0.824 bits per heavy atom. The Hall–Kier alpha value is -0.160. The summed E-state index contributed by atoms with van der Waals surface area (Å²) >= 11 is 0. The van der Waals surface area contributed by atoms with Gasteiger partial charge in [-0.2, -0.15) is 0 Å². The molecule has 0 saturated heterocycles. The van der Waals surface area contributed by atoms with Gasteiger partial charge in [0.15, 0.2) is 0 Å². The Morgan fingerprint density at radius 3 is 1.18 bits per heavy atom. The molecule has 0 fully saturated rings. The molecule has 17 heavy (non-hydrogen) atoms. The van der Waals surface area contributed by atoms with Crippen LogP contribution in [0, 0.1) is 5.41 Å². The maximum atomic E-state index is 8.82. The standard InChI is InChI=1S/C7H16O2.C6H14O2/c1-3-7(4-2,5-8)6-9;1-5(7)3-4-6(2)8/h8-9H,3-6H2,1-2H3;5-8H,3-4H2,1-2H3. The molecule has 0 radical (unpaired) electrons. The fraction of sp³-hybridized carbons (Fsp3) is 1.00. The van der Waals surface area contributed by atoms with Crippen LogP contribution in [-0.2, 0) is 0 Å². The smallest absolute Gasteiger partial charge is 0.0513 e. The van der Waals surface area contributed by atoms with Crippen LogP contribution in [0.25, 0.3) is 0 Å². The van der Waals surface area contributed by atoms with Crippen LogP contribution in [0.3, 0.4) is 0 Å². The first kappa shape index (κ1) is 19.2. The lowest BCUT2D eigenvalue weighted by molar-refractivity contribution is 0.0480. The topological polar surface area (TPSA) is 80.9 Å². The normalized spacial score (nSPS) is 14.8. The summed E-state index contributed by atoms with van der Waals surface area (Å²) in [6.07, 6.45) is 2.52. The highest BCUT2D eigenvalue weighted by atomic mass is 16.3. The second-order valence-corrected chi connectivity index (χ2v) is 4.80. The Labute approximate surface area is 105 Å². The van der Waals surface area contributed by atoms with Gasteiger partial charge in [-0.15, -0.1) is 0 Å². The molecule has 0 aromatic heterocycles. The van der Waals surface area contributed by atoms with Crippen molar-refractivity contribution in [1.29, 1.82) is 0 Å². The van der Waals surface area contributed by atoms with Gasteiger partial charge in [-0.25, -0.2) is 0 Å². The quantitative estimate of drug-likeness (QED) is 0.549. The van der Waals surface area contributed by atoms with E-state index >= 15 is 0 Å². The summed E-state index contributed by atoms with van der Waals surface area (Å²) < 4.78 is 0. The van der Waals surface area contributed by atoms with Gasteiger partial charge in [0.25, 0.3) is 0 Å². The van der Waals surface area contributed by atoms with Gasteiger partial charge < -0.3 is 20.4 Å². The molecule has 0 heterocycles. The highest BCUT2D eigenvalue weighted by Crippen LogP contribution is 2.23. The van der Waals surface area contributed by atoms with E-state index in [4.69, 9.17) is 20.4 Å². The predicted molar refractivity (Wildman–Crippen MR) is 69.8 cm³/mol. The van der Waals surface area contributed by atoms with Crippen molar-refractivity contribution in [2.45, 2.75) is 65.6 Å². The van der Waals surface area contributed by atoms with E-state index in [1.807, 2.05) is 13.8 Å². The minimum absolute atomic E-state index is 0.0938. The molecule has 0 aliphatic rings. The van der Waals surface area contributed by atoms with Gasteiger partial charge in [-0.1, -0.05) is 13.8 Å². The van der Waals surface area contributed by atoms with Crippen molar-refractivity contribution in [1.82, 2.24) is 0 Å². The van der Waals surface area contributed by atoms with Crippen LogP contribution in [0.2, 0.25) is 0 Å². The number of hydrogen-bond acceptors (Lipinski definition) is 4. The molecule has 0 bridgehead atoms. The average molecular weight is 250 g/mol. The Bertz CT molecular complexity index is 128. The maximum absolute atomic E-state index is 8.82. The molecule has 0 aliphatic heterocycles. The van der Waals surface area contributed by atoms with Crippen molar-refractivity contribution < 1.29 is 20.4 Å². The molecule has 0 spiro atoms. The number of rotatable bonds is 7. The first-order valence-electron chi connectivity index (χ1n) is 6.45. The molecule has 4 N–H and O–H groups in total. The summed E-state index contributed by atoms with van der Waals surface area (Å²) in [5.74, 6) is 0. The minimum Gasteiger partial charge on any atom is -0.396 e. The minimum atomic E-state index is -0.274. The van der Waals surface area contributed by atoms with Gasteiger partial charge in [0, 0.05) is 5.41 Å². The maximum Gasteiger partial charge on any atom is 0.0513 e. The number of aliphatic hydroxyl groups is 4. The molecule has 2 unspecified atom stereocenters. The van der Waals surface area contributed by atoms with Gasteiger partial charge in [0.2, 0.25) is 0 Å². The van der Waals surface area contributed by atoms with Gasteiger partial charge in [-0.05, 0) is 39.5 Å². The summed E-state index contributed by atoms with van der Waals surface area (Å²) in [7, 11) is 0. The molecule has 0 rings (SSSR count). The zero-order chi connectivity index (χ0) is 13.9. The zero-order valence-electron chi connectivity index (χ0n) is 11.7. The van der Waals surface area contributed by atoms with Gasteiger partial charge in [-0.3, -0.25) is 0 Å². The van der Waals surface area contributed by atoms with Crippen molar-refractivity contribution in [3.05, 3.63) is 0 Å². The molecule has 2 atom stereocenters. The third kappa shape index (κ3) is 10.7. The van der Waals surface area contributed by atoms with Gasteiger partial charge >= 0.3 is 0 Å². The van der Waals surface area contributed by atoms with Crippen LogP contribution in [0.4, 0.5) is 0 Å². The van der Waals surface area contributed by atoms with Crippen LogP contribution < -0.4 is 0 Å². The average Bonchev–Trinajstić information content (AvgIpc) is 2.31. The van der Waals surface area contributed by atoms with E-state index in [2.05, 4.69) is 0 Å². The van der Waals surface area contributed by atoms with Crippen molar-refractivity contribution >= 4 is 0 Å². The van der Waals surface area contributed by atoms with E-state index in [1.54, 1.807) is 13.8 Å². The van der Waals surface area contributed by atoms with Crippen LogP contribution in [-0.4, -0.2) is 45.8 Å². The highest BCUT2D eigenvalue weighted by Gasteiger charge is 2.23. The van der Waals surface area contributed by atoms with E-state index in [1.165, 1.54) is 0 Å². The van der Waals surface area contributed by atoms with E-state index in [9.17, 15) is 0 Å². The number of hydrogen-bond donors (Lipinski definition) is 4. The monoisotopic (exact) mass is 250 g/mol. The molecular formula is C13H30O4. The zero-order valence-corrected chi connectivity index (χ0v) is 11.7. The Balaban J connectivity index is 0. The van der Waals surface area contributed by atoms with Crippen LogP contribution in [0.1, 0.15) is 53.4 Å². The van der Waals surface area contributed by atoms with Crippen LogP contribution >= 0.6 is 0 Å². The third-order valence-corrected chi connectivity index (χ3v) is 3.17. The van der Waals surface area contributed by atoms with Gasteiger partial charge in [0.1, 0.15) is 0 Å². The summed E-state index contributed by atoms with van der Waals surface area (Å²) in [5, 5.41) is 35.0. The highest BCUT2D eigenvalue weighted by molar-refractivity contribution is 4.73. The van der Waals surface area contributed by atoms with Gasteiger partial charge in [0.05, 0.1) is 25.4 Å². The molecule has 106 valence electrons. The Morgan fingerprint density at radius 2 is 1.12 bits per heavy atom. The van der Waals surface area contributed by atoms with Crippen molar-refractivity contribution in [3.8, 4) is 0 Å². The largest absolute Gasteiger partial charge is 0.396 e. The summed E-state index contributed by atoms with van der Waals surface area (Å²) in [6.45, 7) is 7.60. The van der Waals surface area contributed by atoms with E-state index < -0.39 is 0 Å². The molecule has 0 saturated carbocycles. The summed E-state index contributed by atoms with van der Waals surface area (Å²) in [4.78, 5) is 0. The van der Waals surface area contributed by atoms with Crippen molar-refractivity contribution in [2.75, 3.05) is 13.2 Å². The molecule has 0 aromatic carbocycles. The van der Waals surface area contributed by atoms with E-state index in [0.717, 1.165) is 12.8 Å². The lowest BCUT2D eigenvalue weighted by atomic mass is 9.84. The SMILES string of the molecule is CC(O)CCC(C)O.CCC(CC)(CO)CO. The summed E-state index contributed by atoms with van der Waals surface area (Å²) in [5.41, 5.74) is -0.222. The molecule has 0 amide bonds.